The van der Waals surface area contributed by atoms with Crippen LogP contribution in [0.15, 0.2) is 53.4 Å². The van der Waals surface area contributed by atoms with Gasteiger partial charge in [0.05, 0.1) is 5.56 Å². The van der Waals surface area contributed by atoms with Crippen LogP contribution in [0.2, 0.25) is 0 Å². The molecule has 0 spiro atoms. The summed E-state index contributed by atoms with van der Waals surface area (Å²) < 4.78 is 68.4. The minimum Gasteiger partial charge on any atom is -0.423 e. The average Bonchev–Trinajstić information content (AvgIpc) is 2.60. The Morgan fingerprint density at radius 1 is 0.821 bits per heavy atom. The van der Waals surface area contributed by atoms with E-state index in [0.29, 0.717) is 12.1 Å². The van der Waals surface area contributed by atoms with Gasteiger partial charge in [-0.1, -0.05) is 64.2 Å². The highest BCUT2D eigenvalue weighted by Crippen LogP contribution is 3.02. The van der Waals surface area contributed by atoms with Crippen molar-refractivity contribution in [3.8, 4) is 5.75 Å². The summed E-state index contributed by atoms with van der Waals surface area (Å²) in [5.41, 5.74) is 1.31. The van der Waals surface area contributed by atoms with E-state index in [9.17, 15) is 24.2 Å². The highest BCUT2D eigenvalue weighted by molar-refractivity contribution is 8.45. The second-order valence-corrected chi connectivity index (χ2v) is 9.10. The first-order chi connectivity index (χ1) is 12.9. The smallest absolute Gasteiger partial charge is 0.343 e. The van der Waals surface area contributed by atoms with E-state index in [2.05, 4.69) is 6.92 Å². The topological polar surface area (TPSA) is 26.3 Å². The minimum absolute atomic E-state index is 0.214. The molecule has 0 aliphatic heterocycles. The lowest BCUT2D eigenvalue weighted by Gasteiger charge is -2.40. The van der Waals surface area contributed by atoms with Crippen molar-refractivity contribution in [1.82, 2.24) is 0 Å². The van der Waals surface area contributed by atoms with Crippen LogP contribution < -0.4 is 4.74 Å². The third kappa shape index (κ3) is 6.82. The molecule has 0 fully saturated rings. The van der Waals surface area contributed by atoms with Gasteiger partial charge in [0.2, 0.25) is 0 Å². The first-order valence-corrected chi connectivity index (χ1v) is 11.0. The lowest BCUT2D eigenvalue weighted by Crippen LogP contribution is -2.09. The van der Waals surface area contributed by atoms with Crippen molar-refractivity contribution in [2.45, 2.75) is 50.3 Å². The maximum atomic E-state index is 12.7. The number of benzene rings is 2. The van der Waals surface area contributed by atoms with Crippen LogP contribution in [0, 0.1) is 0 Å². The van der Waals surface area contributed by atoms with Gasteiger partial charge in [-0.05, 0) is 54.8 Å². The van der Waals surface area contributed by atoms with E-state index in [1.54, 1.807) is 24.3 Å². The van der Waals surface area contributed by atoms with Gasteiger partial charge in [0.15, 0.2) is 0 Å². The van der Waals surface area contributed by atoms with Crippen LogP contribution in [0.1, 0.15) is 54.9 Å². The van der Waals surface area contributed by atoms with Crippen molar-refractivity contribution in [1.29, 1.82) is 0 Å². The summed E-state index contributed by atoms with van der Waals surface area (Å²) in [6.45, 7) is 2.15. The molecule has 2 aromatic carbocycles. The predicted octanol–water partition coefficient (Wildman–Crippen LogP) is 8.08. The molecule has 0 heterocycles. The highest BCUT2D eigenvalue weighted by Gasteiger charge is 2.65. The molecule has 0 radical (unpaired) electrons. The summed E-state index contributed by atoms with van der Waals surface area (Å²) in [5, 5.41) is 0. The Hall–Kier alpha value is -2.09. The molecule has 0 unspecified atom stereocenters. The molecule has 0 aliphatic carbocycles. The van der Waals surface area contributed by atoms with Gasteiger partial charge in [0.1, 0.15) is 10.6 Å². The van der Waals surface area contributed by atoms with Crippen LogP contribution >= 0.6 is 10.2 Å². The Labute approximate surface area is 161 Å². The monoisotopic (exact) mass is 422 g/mol. The second kappa shape index (κ2) is 7.73. The second-order valence-electron chi connectivity index (χ2n) is 6.69. The fourth-order valence-corrected chi connectivity index (χ4v) is 3.32. The highest BCUT2D eigenvalue weighted by atomic mass is 32.5. The number of unbranched alkanes of at least 4 members (excludes halogenated alkanes) is 4. The zero-order valence-corrected chi connectivity index (χ0v) is 16.3. The molecule has 8 heteroatoms. The summed E-state index contributed by atoms with van der Waals surface area (Å²) in [6.07, 6.45) is 6.69. The van der Waals surface area contributed by atoms with Crippen LogP contribution in [0.3, 0.4) is 0 Å². The van der Waals surface area contributed by atoms with E-state index >= 15 is 0 Å². The molecule has 0 aliphatic rings. The average molecular weight is 422 g/mol. The van der Waals surface area contributed by atoms with E-state index in [4.69, 9.17) is 4.74 Å². The lowest BCUT2D eigenvalue weighted by molar-refractivity contribution is 0.0734. The molecule has 0 N–H and O–H groups in total. The molecule has 2 aromatic rings. The molecule has 0 saturated heterocycles. The standard InChI is InChI=1S/C20H23F5O2S/c1-2-3-4-5-6-7-16-8-10-17(11-9-16)20(26)27-18-12-14-19(15-13-18)28(21,22,23,24)25/h8-15H,2-7H2,1H3. The van der Waals surface area contributed by atoms with Gasteiger partial charge in [0.25, 0.3) is 0 Å². The zero-order valence-electron chi connectivity index (χ0n) is 15.5. The molecule has 0 bridgehead atoms. The van der Waals surface area contributed by atoms with Crippen LogP contribution in [-0.4, -0.2) is 5.97 Å². The first kappa shape index (κ1) is 22.2. The van der Waals surface area contributed by atoms with Crippen LogP contribution in [0.25, 0.3) is 0 Å². The molecule has 156 valence electrons. The molecular formula is C20H23F5O2S. The van der Waals surface area contributed by atoms with Gasteiger partial charge in [-0.15, -0.1) is 0 Å². The number of esters is 1. The number of hydrogen-bond acceptors (Lipinski definition) is 2. The molecule has 0 atom stereocenters. The number of ether oxygens (including phenoxy) is 1. The molecule has 2 nitrogen and oxygen atoms in total. The molecule has 2 rings (SSSR count). The zero-order chi connectivity index (χ0) is 20.9. The third-order valence-corrected chi connectivity index (χ3v) is 5.40. The van der Waals surface area contributed by atoms with Crippen LogP contribution in [0.4, 0.5) is 19.4 Å². The molecule has 28 heavy (non-hydrogen) atoms. The number of carbonyl (C=O) groups excluding carboxylic acids is 1. The van der Waals surface area contributed by atoms with E-state index in [-0.39, 0.29) is 23.4 Å². The van der Waals surface area contributed by atoms with Crippen LogP contribution in [-0.2, 0) is 6.42 Å². The third-order valence-electron chi connectivity index (χ3n) is 4.24. The van der Waals surface area contributed by atoms with Crippen molar-refractivity contribution in [3.05, 3.63) is 59.7 Å². The summed E-state index contributed by atoms with van der Waals surface area (Å²) >= 11 is 0. The Morgan fingerprint density at radius 2 is 1.39 bits per heavy atom. The summed E-state index contributed by atoms with van der Waals surface area (Å²) in [7, 11) is -9.73. The van der Waals surface area contributed by atoms with E-state index in [1.165, 1.54) is 19.3 Å². The maximum Gasteiger partial charge on any atom is 0.343 e. The Morgan fingerprint density at radius 3 is 1.93 bits per heavy atom. The molecule has 0 aromatic heterocycles. The van der Waals surface area contributed by atoms with Crippen molar-refractivity contribution < 1.29 is 29.0 Å². The molecular weight excluding hydrogens is 399 g/mol. The summed E-state index contributed by atoms with van der Waals surface area (Å²) in [4.78, 5) is 10.1. The fourth-order valence-electron chi connectivity index (χ4n) is 2.67. The predicted molar refractivity (Wildman–Crippen MR) is 102 cm³/mol. The van der Waals surface area contributed by atoms with Crippen molar-refractivity contribution in [2.24, 2.45) is 0 Å². The minimum atomic E-state index is -9.73. The Kier molecular flexibility index (Phi) is 6.13. The number of halogens is 5. The van der Waals surface area contributed by atoms with Gasteiger partial charge >= 0.3 is 16.2 Å². The van der Waals surface area contributed by atoms with Gasteiger partial charge < -0.3 is 4.74 Å². The fraction of sp³-hybridized carbons (Fsp3) is 0.350. The summed E-state index contributed by atoms with van der Waals surface area (Å²) in [5.74, 6) is -1.01. The van der Waals surface area contributed by atoms with Gasteiger partial charge in [0, 0.05) is 0 Å². The lowest BCUT2D eigenvalue weighted by atomic mass is 10.0. The van der Waals surface area contributed by atoms with Gasteiger partial charge in [-0.3, -0.25) is 0 Å². The quantitative estimate of drug-likeness (QED) is 0.177. The van der Waals surface area contributed by atoms with Crippen molar-refractivity contribution >= 4 is 16.2 Å². The molecule has 0 amide bonds. The number of carbonyl (C=O) groups is 1. The van der Waals surface area contributed by atoms with Crippen molar-refractivity contribution in [3.63, 3.8) is 0 Å². The van der Waals surface area contributed by atoms with E-state index < -0.39 is 21.1 Å². The van der Waals surface area contributed by atoms with E-state index in [0.717, 1.165) is 24.8 Å². The summed E-state index contributed by atoms with van der Waals surface area (Å²) in [6, 6.07) is 8.59. The Bertz CT molecular complexity index is 800. The number of rotatable bonds is 9. The van der Waals surface area contributed by atoms with E-state index in [1.807, 2.05) is 0 Å². The Balaban J connectivity index is 1.94. The normalized spacial score (nSPS) is 14.2. The molecule has 0 saturated carbocycles. The largest absolute Gasteiger partial charge is 0.423 e. The SMILES string of the molecule is CCCCCCCc1ccc(C(=O)Oc2ccc(S(F)(F)(F)(F)F)cc2)cc1. The van der Waals surface area contributed by atoms with Gasteiger partial charge in [-0.2, -0.15) is 0 Å². The maximum absolute atomic E-state index is 12.7. The van der Waals surface area contributed by atoms with Gasteiger partial charge in [-0.25, -0.2) is 4.79 Å². The van der Waals surface area contributed by atoms with Crippen LogP contribution in [0.5, 0.6) is 5.75 Å². The number of aryl methyl sites for hydroxylation is 1. The first-order valence-electron chi connectivity index (χ1n) is 9.04. The van der Waals surface area contributed by atoms with Crippen molar-refractivity contribution in [2.75, 3.05) is 0 Å². The number of hydrogen-bond donors (Lipinski definition) is 0.